The first-order valence-electron chi connectivity index (χ1n) is 7.54. The van der Waals surface area contributed by atoms with E-state index in [2.05, 4.69) is 28.3 Å². The fourth-order valence-corrected chi connectivity index (χ4v) is 2.78. The fourth-order valence-electron chi connectivity index (χ4n) is 2.61. The summed E-state index contributed by atoms with van der Waals surface area (Å²) in [6, 6.07) is 16.2. The third kappa shape index (κ3) is 3.31. The molecule has 0 bridgehead atoms. The molecule has 24 heavy (non-hydrogen) atoms. The molecular formula is C18H17ClN4O. The van der Waals surface area contributed by atoms with Crippen molar-refractivity contribution in [2.75, 3.05) is 0 Å². The van der Waals surface area contributed by atoms with Gasteiger partial charge in [-0.05, 0) is 30.5 Å². The molecule has 5 nitrogen and oxygen atoms in total. The van der Waals surface area contributed by atoms with Crippen LogP contribution in [0, 0.1) is 6.92 Å². The number of aromatic nitrogens is 3. The molecular weight excluding hydrogens is 324 g/mol. The number of benzene rings is 2. The SMILES string of the molecule is Cc1ccc(-n2nc(C(N)=O)nc2CCl)c(Cc2ccccc2)c1. The normalized spacial score (nSPS) is 10.8. The van der Waals surface area contributed by atoms with Gasteiger partial charge in [-0.2, -0.15) is 0 Å². The molecule has 0 aliphatic carbocycles. The Bertz CT molecular complexity index is 874. The number of nitrogens with zero attached hydrogens (tertiary/aromatic N) is 3. The van der Waals surface area contributed by atoms with Crippen LogP contribution in [0.2, 0.25) is 0 Å². The van der Waals surface area contributed by atoms with Gasteiger partial charge in [-0.15, -0.1) is 16.7 Å². The average Bonchev–Trinajstić information content (AvgIpc) is 3.00. The molecule has 0 saturated carbocycles. The van der Waals surface area contributed by atoms with Crippen LogP contribution in [0.1, 0.15) is 33.1 Å². The van der Waals surface area contributed by atoms with Crippen molar-refractivity contribution >= 4 is 17.5 Å². The molecule has 122 valence electrons. The quantitative estimate of drug-likeness (QED) is 0.725. The van der Waals surface area contributed by atoms with E-state index in [1.807, 2.05) is 37.3 Å². The van der Waals surface area contributed by atoms with Crippen LogP contribution in [0.15, 0.2) is 48.5 Å². The lowest BCUT2D eigenvalue weighted by atomic mass is 10.0. The van der Waals surface area contributed by atoms with Crippen molar-refractivity contribution in [1.29, 1.82) is 0 Å². The minimum atomic E-state index is -0.670. The van der Waals surface area contributed by atoms with Crippen LogP contribution in [-0.2, 0) is 12.3 Å². The van der Waals surface area contributed by atoms with Gasteiger partial charge >= 0.3 is 0 Å². The molecule has 0 saturated heterocycles. The van der Waals surface area contributed by atoms with Crippen LogP contribution in [-0.4, -0.2) is 20.7 Å². The Hall–Kier alpha value is -2.66. The molecule has 2 N–H and O–H groups in total. The average molecular weight is 341 g/mol. The van der Waals surface area contributed by atoms with Gasteiger partial charge in [-0.25, -0.2) is 9.67 Å². The summed E-state index contributed by atoms with van der Waals surface area (Å²) in [7, 11) is 0. The summed E-state index contributed by atoms with van der Waals surface area (Å²) in [5.41, 5.74) is 9.55. The maximum Gasteiger partial charge on any atom is 0.288 e. The van der Waals surface area contributed by atoms with Crippen molar-refractivity contribution in [3.8, 4) is 5.69 Å². The summed E-state index contributed by atoms with van der Waals surface area (Å²) in [5.74, 6) is -0.0730. The second kappa shape index (κ2) is 6.84. The zero-order valence-electron chi connectivity index (χ0n) is 13.2. The van der Waals surface area contributed by atoms with Crippen LogP contribution in [0.25, 0.3) is 5.69 Å². The predicted molar refractivity (Wildman–Crippen MR) is 93.4 cm³/mol. The number of nitrogens with two attached hydrogens (primary N) is 1. The maximum absolute atomic E-state index is 11.4. The van der Waals surface area contributed by atoms with E-state index >= 15 is 0 Å². The van der Waals surface area contributed by atoms with Crippen LogP contribution < -0.4 is 5.73 Å². The van der Waals surface area contributed by atoms with E-state index in [1.165, 1.54) is 5.56 Å². The Balaban J connectivity index is 2.10. The number of halogens is 1. The van der Waals surface area contributed by atoms with E-state index in [9.17, 15) is 4.79 Å². The molecule has 0 atom stereocenters. The van der Waals surface area contributed by atoms with Crippen LogP contribution in [0.5, 0.6) is 0 Å². The third-order valence-corrected chi connectivity index (χ3v) is 3.95. The van der Waals surface area contributed by atoms with Gasteiger partial charge in [0.1, 0.15) is 5.82 Å². The minimum Gasteiger partial charge on any atom is -0.363 e. The van der Waals surface area contributed by atoms with Gasteiger partial charge in [0.25, 0.3) is 5.91 Å². The third-order valence-electron chi connectivity index (χ3n) is 3.71. The van der Waals surface area contributed by atoms with E-state index in [4.69, 9.17) is 17.3 Å². The van der Waals surface area contributed by atoms with Gasteiger partial charge in [0.05, 0.1) is 11.6 Å². The van der Waals surface area contributed by atoms with Gasteiger partial charge in [-0.1, -0.05) is 48.0 Å². The molecule has 1 aromatic heterocycles. The first-order chi connectivity index (χ1) is 11.6. The molecule has 3 aromatic rings. The smallest absolute Gasteiger partial charge is 0.288 e. The van der Waals surface area contributed by atoms with Gasteiger partial charge in [0.2, 0.25) is 5.82 Å². The molecule has 0 unspecified atom stereocenters. The highest BCUT2D eigenvalue weighted by atomic mass is 35.5. The standard InChI is InChI=1S/C18H17ClN4O/c1-12-7-8-15(14(9-12)10-13-5-3-2-4-6-13)23-16(11-19)21-18(22-23)17(20)24/h2-9H,10-11H2,1H3,(H2,20,24). The Kier molecular flexibility index (Phi) is 4.62. The number of alkyl halides is 1. The van der Waals surface area contributed by atoms with Crippen LogP contribution in [0.4, 0.5) is 0 Å². The second-order valence-electron chi connectivity index (χ2n) is 5.56. The molecule has 0 aliphatic heterocycles. The fraction of sp³-hybridized carbons (Fsp3) is 0.167. The van der Waals surface area contributed by atoms with E-state index in [-0.39, 0.29) is 11.7 Å². The lowest BCUT2D eigenvalue weighted by molar-refractivity contribution is 0.0990. The molecule has 0 radical (unpaired) electrons. The van der Waals surface area contributed by atoms with E-state index in [0.29, 0.717) is 5.82 Å². The van der Waals surface area contributed by atoms with Gasteiger partial charge in [0, 0.05) is 0 Å². The summed E-state index contributed by atoms with van der Waals surface area (Å²) in [6.45, 7) is 2.04. The van der Waals surface area contributed by atoms with Gasteiger partial charge in [-0.3, -0.25) is 4.79 Å². The number of hydrogen-bond donors (Lipinski definition) is 1. The lowest BCUT2D eigenvalue weighted by Gasteiger charge is -2.12. The van der Waals surface area contributed by atoms with Crippen molar-refractivity contribution in [3.63, 3.8) is 0 Å². The highest BCUT2D eigenvalue weighted by molar-refractivity contribution is 6.16. The molecule has 2 aromatic carbocycles. The van der Waals surface area contributed by atoms with Crippen molar-refractivity contribution < 1.29 is 4.79 Å². The number of carbonyl (C=O) groups excluding carboxylic acids is 1. The molecule has 0 fully saturated rings. The number of aryl methyl sites for hydroxylation is 1. The molecule has 6 heteroatoms. The monoisotopic (exact) mass is 340 g/mol. The van der Waals surface area contributed by atoms with Crippen molar-refractivity contribution in [2.45, 2.75) is 19.2 Å². The summed E-state index contributed by atoms with van der Waals surface area (Å²) in [5, 5.41) is 4.23. The van der Waals surface area contributed by atoms with E-state index in [0.717, 1.165) is 23.2 Å². The number of rotatable bonds is 5. The molecule has 3 rings (SSSR count). The Morgan fingerprint density at radius 3 is 2.62 bits per heavy atom. The van der Waals surface area contributed by atoms with E-state index in [1.54, 1.807) is 4.68 Å². The Morgan fingerprint density at radius 1 is 1.21 bits per heavy atom. The predicted octanol–water partition coefficient (Wildman–Crippen LogP) is 3.00. The van der Waals surface area contributed by atoms with Gasteiger partial charge < -0.3 is 5.73 Å². The highest BCUT2D eigenvalue weighted by Crippen LogP contribution is 2.21. The zero-order valence-corrected chi connectivity index (χ0v) is 14.0. The first kappa shape index (κ1) is 16.2. The highest BCUT2D eigenvalue weighted by Gasteiger charge is 2.17. The lowest BCUT2D eigenvalue weighted by Crippen LogP contribution is -2.13. The van der Waals surface area contributed by atoms with Crippen LogP contribution >= 0.6 is 11.6 Å². The Labute approximate surface area is 145 Å². The van der Waals surface area contributed by atoms with E-state index < -0.39 is 5.91 Å². The first-order valence-corrected chi connectivity index (χ1v) is 8.07. The number of primary amides is 1. The summed E-state index contributed by atoms with van der Waals surface area (Å²) >= 11 is 5.97. The Morgan fingerprint density at radius 2 is 1.96 bits per heavy atom. The zero-order chi connectivity index (χ0) is 17.1. The summed E-state index contributed by atoms with van der Waals surface area (Å²) < 4.78 is 1.60. The van der Waals surface area contributed by atoms with Crippen molar-refractivity contribution in [3.05, 3.63) is 76.9 Å². The minimum absolute atomic E-state index is 0.0307. The second-order valence-corrected chi connectivity index (χ2v) is 5.82. The topological polar surface area (TPSA) is 73.8 Å². The largest absolute Gasteiger partial charge is 0.363 e. The van der Waals surface area contributed by atoms with Crippen molar-refractivity contribution in [1.82, 2.24) is 14.8 Å². The number of hydrogen-bond acceptors (Lipinski definition) is 3. The summed E-state index contributed by atoms with van der Waals surface area (Å²) in [4.78, 5) is 15.5. The molecule has 1 heterocycles. The molecule has 1 amide bonds. The number of amides is 1. The van der Waals surface area contributed by atoms with Crippen LogP contribution in [0.3, 0.4) is 0 Å². The van der Waals surface area contributed by atoms with Crippen molar-refractivity contribution in [2.24, 2.45) is 5.73 Å². The van der Waals surface area contributed by atoms with Gasteiger partial charge in [0.15, 0.2) is 0 Å². The molecule has 0 aliphatic rings. The summed E-state index contributed by atoms with van der Waals surface area (Å²) in [6.07, 6.45) is 0.741. The maximum atomic E-state index is 11.4. The number of carbonyl (C=O) groups is 1. The molecule has 0 spiro atoms.